The van der Waals surface area contributed by atoms with Gasteiger partial charge in [0.25, 0.3) is 21.8 Å². The highest BCUT2D eigenvalue weighted by molar-refractivity contribution is 7.92. The first-order valence-corrected chi connectivity index (χ1v) is 10.8. The van der Waals surface area contributed by atoms with E-state index in [1.165, 1.54) is 30.3 Å². The third-order valence-electron chi connectivity index (χ3n) is 4.14. The van der Waals surface area contributed by atoms with E-state index in [1.807, 2.05) is 10.9 Å². The van der Waals surface area contributed by atoms with Crippen LogP contribution in [0.5, 0.6) is 0 Å². The van der Waals surface area contributed by atoms with Gasteiger partial charge >= 0.3 is 6.18 Å². The van der Waals surface area contributed by atoms with E-state index in [-0.39, 0.29) is 26.9 Å². The molecule has 3 N–H and O–H groups in total. The van der Waals surface area contributed by atoms with Gasteiger partial charge in [-0.1, -0.05) is 29.8 Å². The van der Waals surface area contributed by atoms with Gasteiger partial charge in [-0.15, -0.1) is 0 Å². The Hall–Kier alpha value is -3.64. The molecule has 0 fully saturated rings. The summed E-state index contributed by atoms with van der Waals surface area (Å²) in [6, 6.07) is 12.6. The maximum Gasteiger partial charge on any atom is 0.417 e. The number of hydrogen-bond acceptors (Lipinski definition) is 5. The van der Waals surface area contributed by atoms with Crippen LogP contribution in [-0.2, 0) is 16.2 Å². The molecule has 3 rings (SSSR count). The largest absolute Gasteiger partial charge is 0.417 e. The fourth-order valence-electron chi connectivity index (χ4n) is 2.50. The molecular weight excluding hydrogens is 485 g/mol. The molecule has 13 heteroatoms. The van der Waals surface area contributed by atoms with Gasteiger partial charge in [-0.05, 0) is 42.5 Å². The summed E-state index contributed by atoms with van der Waals surface area (Å²) >= 11 is 5.96. The minimum Gasteiger partial charge on any atom is -0.278 e. The normalized spacial score (nSPS) is 11.5. The molecule has 1 heterocycles. The first-order chi connectivity index (χ1) is 15.5. The summed E-state index contributed by atoms with van der Waals surface area (Å²) < 4.78 is 65.3. The van der Waals surface area contributed by atoms with Crippen LogP contribution in [0.1, 0.15) is 26.4 Å². The summed E-state index contributed by atoms with van der Waals surface area (Å²) in [6.45, 7) is 0. The third-order valence-corrected chi connectivity index (χ3v) is 5.83. The lowest BCUT2D eigenvalue weighted by molar-refractivity contribution is -0.137. The predicted octanol–water partition coefficient (Wildman–Crippen LogP) is 3.63. The molecule has 0 aliphatic rings. The second-order valence-corrected chi connectivity index (χ2v) is 8.54. The molecule has 0 aliphatic heterocycles. The quantitative estimate of drug-likeness (QED) is 0.464. The SMILES string of the molecule is O=C(NNC(=O)c1ccc(C(F)(F)F)cn1)c1cccc(S(=O)(=O)Nc2ccccc2Cl)c1. The van der Waals surface area contributed by atoms with Gasteiger partial charge in [0.1, 0.15) is 5.69 Å². The summed E-state index contributed by atoms with van der Waals surface area (Å²) in [5.74, 6) is -1.84. The van der Waals surface area contributed by atoms with Gasteiger partial charge in [-0.3, -0.25) is 30.1 Å². The van der Waals surface area contributed by atoms with Crippen LogP contribution in [0, 0.1) is 0 Å². The van der Waals surface area contributed by atoms with Crippen LogP contribution in [0.25, 0.3) is 0 Å². The van der Waals surface area contributed by atoms with Crippen LogP contribution in [0.4, 0.5) is 18.9 Å². The van der Waals surface area contributed by atoms with Crippen molar-refractivity contribution in [1.29, 1.82) is 0 Å². The smallest absolute Gasteiger partial charge is 0.278 e. The summed E-state index contributed by atoms with van der Waals surface area (Å²) in [5.41, 5.74) is 2.66. The van der Waals surface area contributed by atoms with Gasteiger partial charge in [0.2, 0.25) is 0 Å². The van der Waals surface area contributed by atoms with Crippen molar-refractivity contribution in [3.8, 4) is 0 Å². The van der Waals surface area contributed by atoms with Crippen molar-refractivity contribution in [2.24, 2.45) is 0 Å². The Morgan fingerprint density at radius 2 is 1.61 bits per heavy atom. The molecule has 0 atom stereocenters. The standard InChI is InChI=1S/C20H14ClF3N4O4S/c21-15-6-1-2-7-16(15)28-33(31,32)14-5-3-4-12(10-14)18(29)26-27-19(30)17-9-8-13(11-25-17)20(22,23)24/h1-11,28H,(H,26,29)(H,27,30). The Balaban J connectivity index is 1.68. The van der Waals surface area contributed by atoms with E-state index in [1.54, 1.807) is 12.1 Å². The average molecular weight is 499 g/mol. The molecule has 1 aromatic heterocycles. The van der Waals surface area contributed by atoms with E-state index >= 15 is 0 Å². The van der Waals surface area contributed by atoms with E-state index in [0.29, 0.717) is 12.3 Å². The molecule has 0 saturated carbocycles. The summed E-state index contributed by atoms with van der Waals surface area (Å²) in [4.78, 5) is 27.5. The number of anilines is 1. The van der Waals surface area contributed by atoms with Gasteiger partial charge < -0.3 is 0 Å². The second-order valence-electron chi connectivity index (χ2n) is 6.45. The first kappa shape index (κ1) is 24.0. The molecule has 33 heavy (non-hydrogen) atoms. The number of benzene rings is 2. The molecular formula is C20H14ClF3N4O4S. The van der Waals surface area contributed by atoms with Crippen LogP contribution in [0.2, 0.25) is 5.02 Å². The van der Waals surface area contributed by atoms with E-state index < -0.39 is 33.6 Å². The van der Waals surface area contributed by atoms with Gasteiger partial charge in [0, 0.05) is 11.8 Å². The number of aromatic nitrogens is 1. The minimum absolute atomic E-state index is 0.113. The molecule has 3 aromatic rings. The molecule has 0 radical (unpaired) electrons. The van der Waals surface area contributed by atoms with Gasteiger partial charge in [-0.25, -0.2) is 8.42 Å². The zero-order chi connectivity index (χ0) is 24.2. The highest BCUT2D eigenvalue weighted by atomic mass is 35.5. The van der Waals surface area contributed by atoms with E-state index in [2.05, 4.69) is 9.71 Å². The Labute approximate surface area is 190 Å². The fraction of sp³-hybridized carbons (Fsp3) is 0.0500. The number of halogens is 4. The monoisotopic (exact) mass is 498 g/mol. The number of nitrogens with one attached hydrogen (secondary N) is 3. The Kier molecular flexibility index (Phi) is 6.89. The molecule has 2 aromatic carbocycles. The van der Waals surface area contributed by atoms with Crippen molar-refractivity contribution in [1.82, 2.24) is 15.8 Å². The molecule has 0 saturated heterocycles. The zero-order valence-corrected chi connectivity index (χ0v) is 17.9. The number of rotatable bonds is 5. The van der Waals surface area contributed by atoms with Crippen LogP contribution in [0.3, 0.4) is 0 Å². The van der Waals surface area contributed by atoms with E-state index in [9.17, 15) is 31.2 Å². The van der Waals surface area contributed by atoms with E-state index in [0.717, 1.165) is 12.1 Å². The highest BCUT2D eigenvalue weighted by Crippen LogP contribution is 2.28. The average Bonchev–Trinajstić information content (AvgIpc) is 2.78. The van der Waals surface area contributed by atoms with Crippen LogP contribution in [-0.4, -0.2) is 25.2 Å². The number of pyridine rings is 1. The highest BCUT2D eigenvalue weighted by Gasteiger charge is 2.31. The Bertz CT molecular complexity index is 1300. The number of para-hydroxylation sites is 1. The van der Waals surface area contributed by atoms with Crippen molar-refractivity contribution in [3.63, 3.8) is 0 Å². The maximum atomic E-state index is 12.6. The summed E-state index contributed by atoms with van der Waals surface area (Å²) in [6.07, 6.45) is -4.13. The maximum absolute atomic E-state index is 12.6. The molecule has 0 unspecified atom stereocenters. The van der Waals surface area contributed by atoms with Crippen molar-refractivity contribution in [3.05, 3.63) is 88.7 Å². The first-order valence-electron chi connectivity index (χ1n) is 8.99. The topological polar surface area (TPSA) is 117 Å². The van der Waals surface area contributed by atoms with Crippen LogP contribution < -0.4 is 15.6 Å². The molecule has 172 valence electrons. The Morgan fingerprint density at radius 1 is 0.909 bits per heavy atom. The fourth-order valence-corrected chi connectivity index (χ4v) is 3.86. The number of alkyl halides is 3. The number of amides is 2. The molecule has 2 amide bonds. The summed E-state index contributed by atoms with van der Waals surface area (Å²) in [5, 5.41) is 0.176. The number of carbonyl (C=O) groups is 2. The molecule has 0 aliphatic carbocycles. The minimum atomic E-state index is -4.61. The van der Waals surface area contributed by atoms with Gasteiger partial charge in [-0.2, -0.15) is 13.2 Å². The number of carbonyl (C=O) groups excluding carboxylic acids is 2. The van der Waals surface area contributed by atoms with E-state index in [4.69, 9.17) is 11.6 Å². The van der Waals surface area contributed by atoms with Crippen molar-refractivity contribution >= 4 is 39.1 Å². The molecule has 8 nitrogen and oxygen atoms in total. The number of sulfonamides is 1. The number of nitrogens with zero attached hydrogens (tertiary/aromatic N) is 1. The van der Waals surface area contributed by atoms with Crippen molar-refractivity contribution in [2.45, 2.75) is 11.1 Å². The van der Waals surface area contributed by atoms with Crippen molar-refractivity contribution < 1.29 is 31.2 Å². The summed E-state index contributed by atoms with van der Waals surface area (Å²) in [7, 11) is -4.09. The van der Waals surface area contributed by atoms with Gasteiger partial charge in [0.05, 0.1) is 21.2 Å². The van der Waals surface area contributed by atoms with Crippen molar-refractivity contribution in [2.75, 3.05) is 4.72 Å². The number of hydrogen-bond donors (Lipinski definition) is 3. The lowest BCUT2D eigenvalue weighted by Crippen LogP contribution is -2.42. The zero-order valence-electron chi connectivity index (χ0n) is 16.4. The lowest BCUT2D eigenvalue weighted by atomic mass is 10.2. The van der Waals surface area contributed by atoms with Crippen LogP contribution in [0.15, 0.2) is 71.8 Å². The lowest BCUT2D eigenvalue weighted by Gasteiger charge is -2.11. The second kappa shape index (κ2) is 9.46. The third kappa shape index (κ3) is 5.99. The predicted molar refractivity (Wildman–Crippen MR) is 113 cm³/mol. The molecule has 0 bridgehead atoms. The Morgan fingerprint density at radius 3 is 2.24 bits per heavy atom. The number of hydrazine groups is 1. The molecule has 0 spiro atoms. The van der Waals surface area contributed by atoms with Gasteiger partial charge in [0.15, 0.2) is 0 Å². The van der Waals surface area contributed by atoms with Crippen LogP contribution >= 0.6 is 11.6 Å².